The Morgan fingerprint density at radius 2 is 1.97 bits per heavy atom. The molecule has 194 valence electrons. The maximum Gasteiger partial charge on any atom is 0.180 e. The van der Waals surface area contributed by atoms with E-state index in [2.05, 4.69) is 26.4 Å². The number of benzene rings is 2. The molecule has 0 saturated carbocycles. The van der Waals surface area contributed by atoms with Crippen molar-refractivity contribution in [2.45, 2.75) is 31.4 Å². The van der Waals surface area contributed by atoms with E-state index in [4.69, 9.17) is 4.98 Å². The van der Waals surface area contributed by atoms with Gasteiger partial charge in [0, 0.05) is 42.3 Å². The van der Waals surface area contributed by atoms with Gasteiger partial charge in [-0.05, 0) is 50.1 Å². The number of β-amino-alcohol motifs (C(OH)–C–C–N with tert-alkyl or cyclic N) is 1. The van der Waals surface area contributed by atoms with Crippen LogP contribution in [0, 0.1) is 11.6 Å². The molecule has 2 aliphatic rings. The Morgan fingerprint density at radius 1 is 1.13 bits per heavy atom. The lowest BCUT2D eigenvalue weighted by Crippen LogP contribution is -2.60. The van der Waals surface area contributed by atoms with Gasteiger partial charge in [0.1, 0.15) is 29.0 Å². The van der Waals surface area contributed by atoms with Crippen molar-refractivity contribution in [2.75, 3.05) is 34.8 Å². The van der Waals surface area contributed by atoms with Gasteiger partial charge in [-0.2, -0.15) is 5.10 Å². The van der Waals surface area contributed by atoms with Crippen LogP contribution >= 0.6 is 0 Å². The molecule has 2 fully saturated rings. The Hall–Kier alpha value is -4.18. The minimum absolute atomic E-state index is 0.292. The first-order chi connectivity index (χ1) is 18.4. The Morgan fingerprint density at radius 3 is 2.82 bits per heavy atom. The third-order valence-corrected chi connectivity index (χ3v) is 7.54. The van der Waals surface area contributed by atoms with Crippen LogP contribution in [0.4, 0.5) is 31.8 Å². The Balaban J connectivity index is 1.25. The number of aromatic amines is 1. The summed E-state index contributed by atoms with van der Waals surface area (Å²) in [5, 5.41) is 19.4. The highest BCUT2D eigenvalue weighted by molar-refractivity contribution is 6.02. The van der Waals surface area contributed by atoms with Crippen LogP contribution in [0.3, 0.4) is 0 Å². The molecule has 7 rings (SSSR count). The molecule has 5 aromatic rings. The van der Waals surface area contributed by atoms with E-state index in [9.17, 15) is 13.9 Å². The summed E-state index contributed by atoms with van der Waals surface area (Å²) >= 11 is 0. The number of rotatable bonds is 5. The summed E-state index contributed by atoms with van der Waals surface area (Å²) in [6.45, 7) is 3.60. The van der Waals surface area contributed by atoms with Gasteiger partial charge < -0.3 is 25.2 Å². The van der Waals surface area contributed by atoms with Crippen molar-refractivity contribution in [3.05, 3.63) is 78.1 Å². The average molecular weight is 516 g/mol. The SMILES string of the molecule is CC1(O)CN(c2c(Nc3cnn4ccc(N5CCC[C@@H]5c5cc(F)ccc5F)nc34)[nH]c3ccccc23)C1. The maximum absolute atomic E-state index is 14.6. The highest BCUT2D eigenvalue weighted by Crippen LogP contribution is 2.41. The summed E-state index contributed by atoms with van der Waals surface area (Å²) in [4.78, 5) is 12.6. The van der Waals surface area contributed by atoms with Crippen LogP contribution in [0.2, 0.25) is 0 Å². The zero-order chi connectivity index (χ0) is 26.0. The van der Waals surface area contributed by atoms with Crippen LogP contribution in [0.25, 0.3) is 16.6 Å². The largest absolute Gasteiger partial charge is 0.386 e. The lowest BCUT2D eigenvalue weighted by atomic mass is 9.96. The topological polar surface area (TPSA) is 84.7 Å². The van der Waals surface area contributed by atoms with Crippen molar-refractivity contribution in [1.29, 1.82) is 0 Å². The average Bonchev–Trinajstić information content (AvgIpc) is 3.61. The summed E-state index contributed by atoms with van der Waals surface area (Å²) in [5.74, 6) is 0.622. The third kappa shape index (κ3) is 3.75. The Kier molecular flexibility index (Phi) is 5.09. The fourth-order valence-electron chi connectivity index (χ4n) is 5.86. The first-order valence-corrected chi connectivity index (χ1v) is 12.8. The number of aromatic nitrogens is 4. The molecular weight excluding hydrogens is 488 g/mol. The smallest absolute Gasteiger partial charge is 0.180 e. The van der Waals surface area contributed by atoms with E-state index in [-0.39, 0.29) is 6.04 Å². The molecule has 2 aromatic carbocycles. The number of H-pyrrole nitrogens is 1. The summed E-state index contributed by atoms with van der Waals surface area (Å²) < 4.78 is 30.3. The molecule has 0 spiro atoms. The number of hydrogen-bond donors (Lipinski definition) is 3. The second kappa shape index (κ2) is 8.42. The second-order valence-corrected chi connectivity index (χ2v) is 10.5. The summed E-state index contributed by atoms with van der Waals surface area (Å²) in [7, 11) is 0. The van der Waals surface area contributed by atoms with E-state index >= 15 is 0 Å². The molecule has 10 heteroatoms. The van der Waals surface area contributed by atoms with E-state index in [1.54, 1.807) is 10.7 Å². The first-order valence-electron chi connectivity index (χ1n) is 12.8. The van der Waals surface area contributed by atoms with Gasteiger partial charge in [-0.25, -0.2) is 18.3 Å². The molecule has 0 bridgehead atoms. The number of nitrogens with zero attached hydrogens (tertiary/aromatic N) is 5. The number of aliphatic hydroxyl groups is 1. The minimum Gasteiger partial charge on any atom is -0.386 e. The van der Waals surface area contributed by atoms with Crippen LogP contribution in [0.1, 0.15) is 31.4 Å². The van der Waals surface area contributed by atoms with Gasteiger partial charge in [0.25, 0.3) is 0 Å². The molecular formula is C28H27F2N7O. The van der Waals surface area contributed by atoms with Gasteiger partial charge in [-0.3, -0.25) is 0 Å². The normalized spacial score (nSPS) is 18.9. The Labute approximate surface area is 217 Å². The van der Waals surface area contributed by atoms with Gasteiger partial charge in [0.15, 0.2) is 5.65 Å². The van der Waals surface area contributed by atoms with Crippen molar-refractivity contribution in [2.24, 2.45) is 0 Å². The molecule has 38 heavy (non-hydrogen) atoms. The van der Waals surface area contributed by atoms with Crippen molar-refractivity contribution in [3.8, 4) is 0 Å². The van der Waals surface area contributed by atoms with E-state index in [1.807, 2.05) is 42.3 Å². The Bertz CT molecular complexity index is 1670. The van der Waals surface area contributed by atoms with E-state index in [0.717, 1.165) is 41.3 Å². The van der Waals surface area contributed by atoms with Gasteiger partial charge >= 0.3 is 0 Å². The second-order valence-electron chi connectivity index (χ2n) is 10.5. The lowest BCUT2D eigenvalue weighted by molar-refractivity contribution is 0.0313. The summed E-state index contributed by atoms with van der Waals surface area (Å²) in [5.41, 5.74) is 2.93. The lowest BCUT2D eigenvalue weighted by Gasteiger charge is -2.45. The molecule has 2 aliphatic heterocycles. The number of fused-ring (bicyclic) bond motifs is 2. The molecule has 1 atom stereocenters. The fourth-order valence-corrected chi connectivity index (χ4v) is 5.86. The number of nitrogens with one attached hydrogen (secondary N) is 2. The fraction of sp³-hybridized carbons (Fsp3) is 0.286. The standard InChI is InChI=1S/C28H27F2N7O/c1-28(38)15-35(16-28)25-18-5-2-3-6-21(18)32-26(25)33-22-14-31-37-12-10-24(34-27(22)37)36-11-4-7-23(36)19-13-17(29)8-9-20(19)30/h2-3,5-6,8-10,12-14,23,32-33,38H,4,7,11,15-16H2,1H3/t23-/m1/s1. The molecule has 0 aliphatic carbocycles. The van der Waals surface area contributed by atoms with E-state index in [0.29, 0.717) is 42.4 Å². The van der Waals surface area contributed by atoms with Gasteiger partial charge in [0.05, 0.1) is 23.5 Å². The molecule has 0 unspecified atom stereocenters. The summed E-state index contributed by atoms with van der Waals surface area (Å²) in [6, 6.07) is 13.2. The van der Waals surface area contributed by atoms with Gasteiger partial charge in [-0.15, -0.1) is 0 Å². The summed E-state index contributed by atoms with van der Waals surface area (Å²) in [6.07, 6.45) is 5.13. The highest BCUT2D eigenvalue weighted by Gasteiger charge is 2.39. The van der Waals surface area contributed by atoms with Crippen LogP contribution in [-0.4, -0.2) is 49.9 Å². The zero-order valence-corrected chi connectivity index (χ0v) is 20.8. The quantitative estimate of drug-likeness (QED) is 0.301. The van der Waals surface area contributed by atoms with Crippen LogP contribution in [-0.2, 0) is 0 Å². The third-order valence-electron chi connectivity index (χ3n) is 7.54. The van der Waals surface area contributed by atoms with E-state index < -0.39 is 17.2 Å². The number of hydrogen-bond acceptors (Lipinski definition) is 6. The van der Waals surface area contributed by atoms with Gasteiger partial charge in [0.2, 0.25) is 0 Å². The van der Waals surface area contributed by atoms with Gasteiger partial charge in [-0.1, -0.05) is 18.2 Å². The molecule has 2 saturated heterocycles. The predicted molar refractivity (Wildman–Crippen MR) is 143 cm³/mol. The molecule has 5 heterocycles. The van der Waals surface area contributed by atoms with Crippen molar-refractivity contribution < 1.29 is 13.9 Å². The highest BCUT2D eigenvalue weighted by atomic mass is 19.1. The molecule has 0 radical (unpaired) electrons. The number of halogens is 2. The molecule has 3 aromatic heterocycles. The monoisotopic (exact) mass is 515 g/mol. The van der Waals surface area contributed by atoms with Crippen molar-refractivity contribution in [3.63, 3.8) is 0 Å². The van der Waals surface area contributed by atoms with E-state index in [1.165, 1.54) is 12.1 Å². The first kappa shape index (κ1) is 23.0. The predicted octanol–water partition coefficient (Wildman–Crippen LogP) is 5.14. The maximum atomic E-state index is 14.6. The molecule has 3 N–H and O–H groups in total. The number of para-hydroxylation sites is 1. The number of anilines is 4. The van der Waals surface area contributed by atoms with Crippen molar-refractivity contribution in [1.82, 2.24) is 19.6 Å². The van der Waals surface area contributed by atoms with Crippen LogP contribution < -0.4 is 15.1 Å². The molecule has 0 amide bonds. The minimum atomic E-state index is -0.718. The van der Waals surface area contributed by atoms with Crippen LogP contribution in [0.15, 0.2) is 60.9 Å². The van der Waals surface area contributed by atoms with Crippen molar-refractivity contribution >= 4 is 39.6 Å². The zero-order valence-electron chi connectivity index (χ0n) is 20.8. The van der Waals surface area contributed by atoms with Crippen LogP contribution in [0.5, 0.6) is 0 Å². The molecule has 8 nitrogen and oxygen atoms in total.